The molecule has 7 nitrogen and oxygen atoms in total. The summed E-state index contributed by atoms with van der Waals surface area (Å²) in [6.45, 7) is 3.10. The van der Waals surface area contributed by atoms with Crippen molar-refractivity contribution in [2.24, 2.45) is 10.9 Å². The molecule has 1 fully saturated rings. The first-order valence-electron chi connectivity index (χ1n) is 9.51. The van der Waals surface area contributed by atoms with E-state index >= 15 is 0 Å². The van der Waals surface area contributed by atoms with Crippen LogP contribution in [0.5, 0.6) is 5.75 Å². The summed E-state index contributed by atoms with van der Waals surface area (Å²) in [6, 6.07) is 7.80. The molecule has 0 aromatic heterocycles. The van der Waals surface area contributed by atoms with Gasteiger partial charge in [0.25, 0.3) is 0 Å². The second-order valence-electron chi connectivity index (χ2n) is 6.95. The number of amides is 1. The van der Waals surface area contributed by atoms with Crippen molar-refractivity contribution in [3.05, 3.63) is 29.8 Å². The molecule has 1 amide bonds. The third kappa shape index (κ3) is 10.1. The number of carbonyl (C=O) groups excluding carboxylic acids is 1. The van der Waals surface area contributed by atoms with Crippen LogP contribution in [0.15, 0.2) is 29.3 Å². The third-order valence-electron chi connectivity index (χ3n) is 4.29. The van der Waals surface area contributed by atoms with Crippen molar-refractivity contribution in [1.82, 2.24) is 15.5 Å². The number of nitrogens with one attached hydrogen (secondary N) is 2. The Morgan fingerprint density at radius 3 is 2.54 bits per heavy atom. The van der Waals surface area contributed by atoms with E-state index in [1.165, 1.54) is 12.8 Å². The smallest absolute Gasteiger partial charge is 0.241 e. The highest BCUT2D eigenvalue weighted by molar-refractivity contribution is 14.0. The fourth-order valence-electron chi connectivity index (χ4n) is 2.31. The van der Waals surface area contributed by atoms with Gasteiger partial charge < -0.3 is 25.0 Å². The molecule has 1 saturated carbocycles. The second-order valence-corrected chi connectivity index (χ2v) is 6.95. The SMILES string of the molecule is COc1ccc(CN=C(NCCCOCC2CC2)NCC(=O)N(C)C)cc1.I. The molecular weight excluding hydrogens is 471 g/mol. The summed E-state index contributed by atoms with van der Waals surface area (Å²) < 4.78 is 10.8. The predicted octanol–water partition coefficient (Wildman–Crippen LogP) is 2.25. The highest BCUT2D eigenvalue weighted by atomic mass is 127. The lowest BCUT2D eigenvalue weighted by atomic mass is 10.2. The minimum atomic E-state index is 0. The van der Waals surface area contributed by atoms with Crippen LogP contribution in [-0.2, 0) is 16.1 Å². The molecular formula is C20H33IN4O3. The van der Waals surface area contributed by atoms with Gasteiger partial charge in [0.05, 0.1) is 20.2 Å². The Labute approximate surface area is 185 Å². The molecule has 158 valence electrons. The van der Waals surface area contributed by atoms with E-state index < -0.39 is 0 Å². The van der Waals surface area contributed by atoms with E-state index in [2.05, 4.69) is 15.6 Å². The largest absolute Gasteiger partial charge is 0.497 e. The average molecular weight is 504 g/mol. The van der Waals surface area contributed by atoms with E-state index in [1.54, 1.807) is 26.1 Å². The van der Waals surface area contributed by atoms with Crippen LogP contribution in [0.2, 0.25) is 0 Å². The number of ether oxygens (including phenoxy) is 2. The molecule has 8 heteroatoms. The summed E-state index contributed by atoms with van der Waals surface area (Å²) in [4.78, 5) is 18.0. The van der Waals surface area contributed by atoms with Gasteiger partial charge in [-0.1, -0.05) is 12.1 Å². The van der Waals surface area contributed by atoms with E-state index in [-0.39, 0.29) is 36.4 Å². The summed E-state index contributed by atoms with van der Waals surface area (Å²) in [6.07, 6.45) is 3.52. The molecule has 0 unspecified atom stereocenters. The lowest BCUT2D eigenvalue weighted by Gasteiger charge is -2.15. The van der Waals surface area contributed by atoms with Gasteiger partial charge in [-0.05, 0) is 42.9 Å². The van der Waals surface area contributed by atoms with Crippen molar-refractivity contribution in [3.8, 4) is 5.75 Å². The Morgan fingerprint density at radius 1 is 1.21 bits per heavy atom. The number of hydrogen-bond acceptors (Lipinski definition) is 4. The topological polar surface area (TPSA) is 75.2 Å². The molecule has 0 aliphatic heterocycles. The van der Waals surface area contributed by atoms with E-state index in [0.29, 0.717) is 12.5 Å². The molecule has 1 aliphatic rings. The van der Waals surface area contributed by atoms with Crippen LogP contribution in [0, 0.1) is 5.92 Å². The monoisotopic (exact) mass is 504 g/mol. The fraction of sp³-hybridized carbons (Fsp3) is 0.600. The van der Waals surface area contributed by atoms with Crippen LogP contribution >= 0.6 is 24.0 Å². The normalized spacial score (nSPS) is 13.5. The lowest BCUT2D eigenvalue weighted by Crippen LogP contribution is -2.43. The van der Waals surface area contributed by atoms with Crippen molar-refractivity contribution in [1.29, 1.82) is 0 Å². The Morgan fingerprint density at radius 2 is 1.93 bits per heavy atom. The summed E-state index contributed by atoms with van der Waals surface area (Å²) in [5, 5.41) is 6.37. The Bertz CT molecular complexity index is 604. The van der Waals surface area contributed by atoms with E-state index in [1.807, 2.05) is 24.3 Å². The van der Waals surface area contributed by atoms with E-state index in [4.69, 9.17) is 9.47 Å². The minimum absolute atomic E-state index is 0. The van der Waals surface area contributed by atoms with Gasteiger partial charge in [-0.2, -0.15) is 0 Å². The van der Waals surface area contributed by atoms with Crippen LogP contribution in [0.3, 0.4) is 0 Å². The molecule has 0 heterocycles. The highest BCUT2D eigenvalue weighted by Crippen LogP contribution is 2.28. The maximum atomic E-state index is 11.8. The maximum absolute atomic E-state index is 11.8. The van der Waals surface area contributed by atoms with Gasteiger partial charge >= 0.3 is 0 Å². The number of nitrogens with zero attached hydrogens (tertiary/aromatic N) is 2. The molecule has 0 saturated heterocycles. The van der Waals surface area contributed by atoms with Crippen LogP contribution in [0.25, 0.3) is 0 Å². The van der Waals surface area contributed by atoms with Crippen LogP contribution in [0.4, 0.5) is 0 Å². The van der Waals surface area contributed by atoms with Crippen molar-refractivity contribution in [2.45, 2.75) is 25.8 Å². The van der Waals surface area contributed by atoms with Crippen LogP contribution in [-0.4, -0.2) is 64.3 Å². The molecule has 0 bridgehead atoms. The molecule has 0 atom stereocenters. The molecule has 1 aromatic rings. The summed E-state index contributed by atoms with van der Waals surface area (Å²) in [5.41, 5.74) is 1.07. The Hall–Kier alpha value is -1.55. The zero-order chi connectivity index (χ0) is 19.5. The number of benzene rings is 1. The van der Waals surface area contributed by atoms with Crippen molar-refractivity contribution in [2.75, 3.05) is 47.5 Å². The molecule has 1 aromatic carbocycles. The van der Waals surface area contributed by atoms with Crippen molar-refractivity contribution < 1.29 is 14.3 Å². The van der Waals surface area contributed by atoms with Gasteiger partial charge in [0.2, 0.25) is 5.91 Å². The van der Waals surface area contributed by atoms with Gasteiger partial charge in [0.1, 0.15) is 5.75 Å². The van der Waals surface area contributed by atoms with Gasteiger partial charge in [-0.3, -0.25) is 4.79 Å². The number of methoxy groups -OCH3 is 1. The summed E-state index contributed by atoms with van der Waals surface area (Å²) >= 11 is 0. The van der Waals surface area contributed by atoms with Crippen LogP contribution in [0.1, 0.15) is 24.8 Å². The second kappa shape index (κ2) is 13.6. The van der Waals surface area contributed by atoms with Gasteiger partial charge in [-0.15, -0.1) is 24.0 Å². The van der Waals surface area contributed by atoms with Gasteiger partial charge in [0, 0.05) is 33.9 Å². The van der Waals surface area contributed by atoms with Gasteiger partial charge in [0.15, 0.2) is 5.96 Å². The zero-order valence-electron chi connectivity index (χ0n) is 17.1. The molecule has 0 spiro atoms. The van der Waals surface area contributed by atoms with Crippen molar-refractivity contribution >= 4 is 35.8 Å². The number of aliphatic imine (C=N–C) groups is 1. The molecule has 0 radical (unpaired) electrons. The fourth-order valence-corrected chi connectivity index (χ4v) is 2.31. The number of rotatable bonds is 11. The number of halogens is 1. The zero-order valence-corrected chi connectivity index (χ0v) is 19.4. The first kappa shape index (κ1) is 24.5. The summed E-state index contributed by atoms with van der Waals surface area (Å²) in [7, 11) is 5.13. The number of guanidine groups is 1. The Balaban J connectivity index is 0.00000392. The van der Waals surface area contributed by atoms with E-state index in [9.17, 15) is 4.79 Å². The highest BCUT2D eigenvalue weighted by Gasteiger charge is 2.20. The third-order valence-corrected chi connectivity index (χ3v) is 4.29. The van der Waals surface area contributed by atoms with Crippen LogP contribution < -0.4 is 15.4 Å². The first-order chi connectivity index (χ1) is 13.1. The van der Waals surface area contributed by atoms with E-state index in [0.717, 1.165) is 43.4 Å². The molecule has 1 aliphatic carbocycles. The number of hydrogen-bond donors (Lipinski definition) is 2. The number of likely N-dealkylation sites (N-methyl/N-ethyl adjacent to an activating group) is 1. The molecule has 2 rings (SSSR count). The molecule has 2 N–H and O–H groups in total. The number of carbonyl (C=O) groups is 1. The Kier molecular flexibility index (Phi) is 11.9. The van der Waals surface area contributed by atoms with Crippen molar-refractivity contribution in [3.63, 3.8) is 0 Å². The summed E-state index contributed by atoms with van der Waals surface area (Å²) in [5.74, 6) is 2.24. The minimum Gasteiger partial charge on any atom is -0.497 e. The quantitative estimate of drug-likeness (QED) is 0.209. The first-order valence-corrected chi connectivity index (χ1v) is 9.51. The average Bonchev–Trinajstić information content (AvgIpc) is 3.50. The lowest BCUT2D eigenvalue weighted by molar-refractivity contribution is -0.127. The standard InChI is InChI=1S/C20H32N4O3.HI/c1-24(2)19(25)14-23-20(21-11-4-12-27-15-17-5-6-17)22-13-16-7-9-18(26-3)10-8-16;/h7-10,17H,4-6,11-15H2,1-3H3,(H2,21,22,23);1H. The molecule has 28 heavy (non-hydrogen) atoms. The van der Waals surface area contributed by atoms with Gasteiger partial charge in [-0.25, -0.2) is 4.99 Å². The maximum Gasteiger partial charge on any atom is 0.241 e. The predicted molar refractivity (Wildman–Crippen MR) is 122 cm³/mol.